The smallest absolute Gasteiger partial charge is 0.416 e. The number of halogens is 4. The number of alkyl halides is 3. The molecule has 0 spiro atoms. The lowest BCUT2D eigenvalue weighted by atomic mass is 10.2. The minimum absolute atomic E-state index is 0.129. The fraction of sp³-hybridized carbons (Fsp3) is 0.250. The highest BCUT2D eigenvalue weighted by Gasteiger charge is 2.30. The van der Waals surface area contributed by atoms with Crippen LogP contribution in [-0.4, -0.2) is 27.5 Å². The van der Waals surface area contributed by atoms with E-state index < -0.39 is 11.7 Å². The van der Waals surface area contributed by atoms with E-state index in [1.165, 1.54) is 48.4 Å². The molecular formula is C20H20ClF3N4OS2. The van der Waals surface area contributed by atoms with Crippen molar-refractivity contribution in [3.63, 3.8) is 0 Å². The highest BCUT2D eigenvalue weighted by molar-refractivity contribution is 8.17. The van der Waals surface area contributed by atoms with E-state index in [0.717, 1.165) is 12.1 Å². The second-order valence-corrected chi connectivity index (χ2v) is 7.58. The van der Waals surface area contributed by atoms with Crippen molar-refractivity contribution in [3.8, 4) is 22.9 Å². The maximum Gasteiger partial charge on any atom is 0.416 e. The molecule has 0 aliphatic rings. The molecule has 0 saturated carbocycles. The molecule has 1 aromatic carbocycles. The largest absolute Gasteiger partial charge is 0.437 e. The molecule has 3 rings (SSSR count). The number of benzene rings is 1. The third-order valence-corrected chi connectivity index (χ3v) is 5.84. The fourth-order valence-corrected chi connectivity index (χ4v) is 3.95. The summed E-state index contributed by atoms with van der Waals surface area (Å²) in [5.74, 6) is 0.917. The molecule has 0 unspecified atom stereocenters. The Bertz CT molecular complexity index is 987. The summed E-state index contributed by atoms with van der Waals surface area (Å²) >= 11 is 9.30. The van der Waals surface area contributed by atoms with E-state index in [-0.39, 0.29) is 11.6 Å². The quantitative estimate of drug-likeness (QED) is 0.335. The Kier molecular flexibility index (Phi) is 9.27. The Balaban J connectivity index is 0.00000166. The van der Waals surface area contributed by atoms with Gasteiger partial charge in [0, 0.05) is 36.7 Å². The van der Waals surface area contributed by atoms with E-state index >= 15 is 0 Å². The van der Waals surface area contributed by atoms with Crippen molar-refractivity contribution in [2.75, 3.05) is 16.2 Å². The number of pyridine rings is 1. The molecule has 0 aliphatic carbocycles. The molecule has 0 aliphatic heterocycles. The van der Waals surface area contributed by atoms with Crippen LogP contribution in [0.3, 0.4) is 0 Å². The van der Waals surface area contributed by atoms with E-state index in [0.29, 0.717) is 22.1 Å². The zero-order valence-electron chi connectivity index (χ0n) is 17.1. The topological polar surface area (TPSA) is 51.1 Å². The van der Waals surface area contributed by atoms with Gasteiger partial charge in [-0.2, -0.15) is 13.2 Å². The lowest BCUT2D eigenvalue weighted by molar-refractivity contribution is -0.137. The van der Waals surface area contributed by atoms with Crippen LogP contribution in [0.4, 0.5) is 19.0 Å². The van der Waals surface area contributed by atoms with E-state index in [1.54, 1.807) is 12.3 Å². The number of aromatic nitrogens is 3. The SMILES string of the molecule is CC.CSN(SC)c1ncc(-c2nccnc2Oc2ccc(C(F)(F)F)cc2)cc1Cl. The monoisotopic (exact) mass is 488 g/mol. The summed E-state index contributed by atoms with van der Waals surface area (Å²) in [6.07, 6.45) is 3.89. The molecular weight excluding hydrogens is 469 g/mol. The molecule has 2 aromatic heterocycles. The van der Waals surface area contributed by atoms with Crippen molar-refractivity contribution >= 4 is 41.3 Å². The van der Waals surface area contributed by atoms with Crippen LogP contribution in [0, 0.1) is 0 Å². The van der Waals surface area contributed by atoms with Gasteiger partial charge in [0.1, 0.15) is 11.4 Å². The highest BCUT2D eigenvalue weighted by Crippen LogP contribution is 2.37. The van der Waals surface area contributed by atoms with Gasteiger partial charge >= 0.3 is 6.18 Å². The van der Waals surface area contributed by atoms with Crippen molar-refractivity contribution in [2.24, 2.45) is 0 Å². The van der Waals surface area contributed by atoms with Gasteiger partial charge in [0.25, 0.3) is 0 Å². The van der Waals surface area contributed by atoms with Crippen molar-refractivity contribution in [1.29, 1.82) is 0 Å². The van der Waals surface area contributed by atoms with Gasteiger partial charge in [-0.15, -0.1) is 0 Å². The predicted molar refractivity (Wildman–Crippen MR) is 123 cm³/mol. The van der Waals surface area contributed by atoms with E-state index in [9.17, 15) is 13.2 Å². The second-order valence-electron chi connectivity index (χ2n) is 5.49. The molecule has 0 N–H and O–H groups in total. The second kappa shape index (κ2) is 11.4. The van der Waals surface area contributed by atoms with Crippen LogP contribution >= 0.6 is 35.5 Å². The zero-order valence-corrected chi connectivity index (χ0v) is 19.5. The molecule has 2 heterocycles. The summed E-state index contributed by atoms with van der Waals surface area (Å²) < 4.78 is 45.7. The molecule has 0 radical (unpaired) electrons. The Morgan fingerprint density at radius 2 is 1.58 bits per heavy atom. The molecule has 166 valence electrons. The van der Waals surface area contributed by atoms with Crippen LogP contribution in [0.1, 0.15) is 19.4 Å². The summed E-state index contributed by atoms with van der Waals surface area (Å²) in [5, 5.41) is 0.414. The van der Waals surface area contributed by atoms with E-state index in [2.05, 4.69) is 15.0 Å². The van der Waals surface area contributed by atoms with Gasteiger partial charge in [0.05, 0.1) is 10.6 Å². The van der Waals surface area contributed by atoms with Crippen molar-refractivity contribution < 1.29 is 17.9 Å². The molecule has 0 saturated heterocycles. The average molecular weight is 489 g/mol. The summed E-state index contributed by atoms with van der Waals surface area (Å²) in [6.45, 7) is 4.00. The van der Waals surface area contributed by atoms with Crippen molar-refractivity contribution in [3.05, 3.63) is 59.5 Å². The molecule has 0 bridgehead atoms. The molecule has 31 heavy (non-hydrogen) atoms. The lowest BCUT2D eigenvalue weighted by Gasteiger charge is -2.18. The van der Waals surface area contributed by atoms with Crippen LogP contribution in [0.2, 0.25) is 5.02 Å². The molecule has 0 atom stereocenters. The van der Waals surface area contributed by atoms with Crippen LogP contribution in [0.15, 0.2) is 48.9 Å². The Labute approximate surface area is 192 Å². The van der Waals surface area contributed by atoms with Gasteiger partial charge in [-0.1, -0.05) is 25.4 Å². The number of anilines is 1. The molecule has 0 amide bonds. The average Bonchev–Trinajstić information content (AvgIpc) is 2.77. The third-order valence-electron chi connectivity index (χ3n) is 3.66. The third kappa shape index (κ3) is 6.41. The minimum atomic E-state index is -4.41. The lowest BCUT2D eigenvalue weighted by Crippen LogP contribution is -2.05. The Hall–Kier alpha value is -2.17. The number of ether oxygens (including phenoxy) is 1. The molecule has 0 fully saturated rings. The first kappa shape index (κ1) is 25.1. The summed E-state index contributed by atoms with van der Waals surface area (Å²) in [7, 11) is 0. The van der Waals surface area contributed by atoms with Gasteiger partial charge in [0.2, 0.25) is 5.88 Å². The number of hydrogen-bond donors (Lipinski definition) is 0. The van der Waals surface area contributed by atoms with Gasteiger partial charge in [0.15, 0.2) is 5.82 Å². The minimum Gasteiger partial charge on any atom is -0.437 e. The highest BCUT2D eigenvalue weighted by atomic mass is 35.5. The summed E-state index contributed by atoms with van der Waals surface area (Å²) in [6, 6.07) is 6.03. The standard InChI is InChI=1S/C18H14ClF3N4OS2.C2H6/c1-28-26(29-2)16-14(19)9-11(10-25-16)15-17(24-8-7-23-15)27-13-5-3-12(4-6-13)18(20,21)22;1-2/h3-10H,1-2H3;1-2H3. The number of rotatable bonds is 6. The maximum absolute atomic E-state index is 12.7. The van der Waals surface area contributed by atoms with Crippen LogP contribution in [0.25, 0.3) is 11.3 Å². The van der Waals surface area contributed by atoms with Gasteiger partial charge in [-0.05, 0) is 54.2 Å². The van der Waals surface area contributed by atoms with Crippen molar-refractivity contribution in [2.45, 2.75) is 20.0 Å². The number of hydrogen-bond acceptors (Lipinski definition) is 7. The molecule has 11 heteroatoms. The Morgan fingerprint density at radius 3 is 2.13 bits per heavy atom. The van der Waals surface area contributed by atoms with Crippen LogP contribution in [-0.2, 0) is 6.18 Å². The summed E-state index contributed by atoms with van der Waals surface area (Å²) in [4.78, 5) is 12.8. The van der Waals surface area contributed by atoms with E-state index in [4.69, 9.17) is 16.3 Å². The van der Waals surface area contributed by atoms with Gasteiger partial charge in [-0.3, -0.25) is 0 Å². The molecule has 5 nitrogen and oxygen atoms in total. The van der Waals surface area contributed by atoms with Crippen LogP contribution < -0.4 is 8.45 Å². The number of nitrogens with zero attached hydrogens (tertiary/aromatic N) is 4. The fourth-order valence-electron chi connectivity index (χ4n) is 2.36. The van der Waals surface area contributed by atoms with Crippen molar-refractivity contribution in [1.82, 2.24) is 15.0 Å². The maximum atomic E-state index is 12.7. The zero-order chi connectivity index (χ0) is 23.0. The first-order chi connectivity index (χ1) is 14.8. The first-order valence-corrected chi connectivity index (χ1v) is 11.8. The van der Waals surface area contributed by atoms with E-state index in [1.807, 2.05) is 30.1 Å². The normalized spacial score (nSPS) is 10.8. The summed E-state index contributed by atoms with van der Waals surface area (Å²) in [5.41, 5.74) is 0.173. The molecule has 3 aromatic rings. The predicted octanol–water partition coefficient (Wildman–Crippen LogP) is 7.39. The van der Waals surface area contributed by atoms with Crippen LogP contribution in [0.5, 0.6) is 11.6 Å². The van der Waals surface area contributed by atoms with Gasteiger partial charge in [-0.25, -0.2) is 18.7 Å². The first-order valence-electron chi connectivity index (χ1n) is 9.04. The van der Waals surface area contributed by atoms with Gasteiger partial charge < -0.3 is 4.74 Å². The Morgan fingerprint density at radius 1 is 0.968 bits per heavy atom.